The summed E-state index contributed by atoms with van der Waals surface area (Å²) in [5.74, 6) is 0. The Labute approximate surface area is 59.5 Å². The first kappa shape index (κ1) is 6.65. The van der Waals surface area contributed by atoms with Crippen LogP contribution >= 0.6 is 0 Å². The van der Waals surface area contributed by atoms with Crippen LogP contribution in [0, 0.1) is 0 Å². The Kier molecular flexibility index (Phi) is 2.14. The second-order valence-electron chi connectivity index (χ2n) is 1.72. The van der Waals surface area contributed by atoms with Gasteiger partial charge in [0, 0.05) is 0 Å². The van der Waals surface area contributed by atoms with Gasteiger partial charge < -0.3 is 5.11 Å². The number of nitrogens with zero attached hydrogens (tertiary/aromatic N) is 1. The average molecular weight is 192 g/mol. The first-order chi connectivity index (χ1) is 4.36. The molecule has 0 radical (unpaired) electrons. The van der Waals surface area contributed by atoms with Crippen molar-refractivity contribution in [1.82, 2.24) is 4.90 Å². The minimum absolute atomic E-state index is 0.250. The molecule has 4 heteroatoms. The predicted molar refractivity (Wildman–Crippen MR) is 34.1 cm³/mol. The van der Waals surface area contributed by atoms with Gasteiger partial charge in [-0.3, -0.25) is 4.79 Å². The number of rotatable bonds is 0. The third kappa shape index (κ3) is 1.47. The summed E-state index contributed by atoms with van der Waals surface area (Å²) in [6, 6.07) is 0. The summed E-state index contributed by atoms with van der Waals surface area (Å²) in [5, 5.41) is 6.89. The molecule has 3 heterocycles. The van der Waals surface area contributed by atoms with Crippen molar-refractivity contribution in [2.24, 2.45) is 0 Å². The van der Waals surface area contributed by atoms with Crippen LogP contribution in [0.5, 0.6) is 0 Å². The third-order valence-electron chi connectivity index (χ3n) is 1.10. The van der Waals surface area contributed by atoms with Gasteiger partial charge in [-0.1, -0.05) is 0 Å². The van der Waals surface area contributed by atoms with Crippen molar-refractivity contribution in [3.63, 3.8) is 0 Å². The van der Waals surface area contributed by atoms with Gasteiger partial charge >= 0.3 is 42.5 Å². The molecule has 3 aliphatic heterocycles. The summed E-state index contributed by atoms with van der Waals surface area (Å²) in [6.07, 6.45) is 2.28. The molecule has 0 aromatic rings. The normalized spacial score (nSPS) is 19.1. The Bertz CT molecular complexity index is 142. The third-order valence-corrected chi connectivity index (χ3v) is 3.34. The van der Waals surface area contributed by atoms with Gasteiger partial charge in [-0.15, -0.1) is 0 Å². The molecule has 9 heavy (non-hydrogen) atoms. The molecular weight excluding hydrogens is 185 g/mol. The van der Waals surface area contributed by atoms with Gasteiger partial charge in [0.1, 0.15) is 0 Å². The van der Waals surface area contributed by atoms with Crippen LogP contribution in [0.4, 0.5) is 0 Å². The van der Waals surface area contributed by atoms with Crippen molar-refractivity contribution in [1.29, 1.82) is 0 Å². The fraction of sp³-hybridized carbons (Fsp3) is 0.400. The van der Waals surface area contributed by atoms with Gasteiger partial charge in [-0.25, -0.2) is 0 Å². The zero-order chi connectivity index (χ0) is 6.69. The molecule has 0 spiro atoms. The minimum atomic E-state index is -0.250. The quantitative estimate of drug-likeness (QED) is 0.416. The van der Waals surface area contributed by atoms with Crippen molar-refractivity contribution in [2.45, 2.75) is 0 Å². The molecule has 3 nitrogen and oxygen atoms in total. The van der Waals surface area contributed by atoms with E-state index in [4.69, 9.17) is 9.90 Å². The molecule has 2 bridgehead atoms. The smallest absolute Gasteiger partial charge is 0.290 e. The van der Waals surface area contributed by atoms with Gasteiger partial charge in [0.2, 0.25) is 0 Å². The minimum Gasteiger partial charge on any atom is -0.483 e. The number of carbonyl (C=O) groups is 1. The number of fused-ring (bicyclic) bond motifs is 1. The van der Waals surface area contributed by atoms with E-state index in [0.717, 1.165) is 15.0 Å². The largest absolute Gasteiger partial charge is 0.483 e. The van der Waals surface area contributed by atoms with E-state index in [1.165, 1.54) is 12.0 Å². The summed E-state index contributed by atoms with van der Waals surface area (Å²) in [5.41, 5.74) is 1.36. The fourth-order valence-electron chi connectivity index (χ4n) is 0.709. The second kappa shape index (κ2) is 2.90. The standard InChI is InChI=1S/C4H5NSe.CH2O2/c1-4-2-5(1)3-6-4;2-1-3/h1H,2-3H2;1H,(H,2,3). The molecule has 50 valence electrons. The van der Waals surface area contributed by atoms with Crippen molar-refractivity contribution in [3.05, 3.63) is 10.7 Å². The Morgan fingerprint density at radius 1 is 1.89 bits per heavy atom. The molecule has 0 aromatic carbocycles. The van der Waals surface area contributed by atoms with Crippen LogP contribution < -0.4 is 0 Å². The number of hydrogen-bond acceptors (Lipinski definition) is 2. The molecule has 1 saturated heterocycles. The fourth-order valence-corrected chi connectivity index (χ4v) is 2.76. The van der Waals surface area contributed by atoms with Gasteiger partial charge in [0.25, 0.3) is 6.47 Å². The molecule has 0 unspecified atom stereocenters. The van der Waals surface area contributed by atoms with Crippen LogP contribution in [-0.2, 0) is 4.79 Å². The Hall–Kier alpha value is -0.471. The summed E-state index contributed by atoms with van der Waals surface area (Å²) >= 11 is 0.889. The van der Waals surface area contributed by atoms with Crippen LogP contribution in [-0.4, -0.2) is 43.4 Å². The SMILES string of the molecule is C1=C2CN1C[Se]2.O=CO. The van der Waals surface area contributed by atoms with Crippen LogP contribution in [0.1, 0.15) is 0 Å². The Morgan fingerprint density at radius 3 is 2.56 bits per heavy atom. The second-order valence-corrected chi connectivity index (χ2v) is 3.97. The maximum absolute atomic E-state index is 8.36. The summed E-state index contributed by atoms with van der Waals surface area (Å²) < 4.78 is 1.71. The zero-order valence-electron chi connectivity index (χ0n) is 4.78. The van der Waals surface area contributed by atoms with Gasteiger partial charge in [0.15, 0.2) is 0 Å². The molecule has 3 rings (SSSR count). The number of carboxylic acid groups (broad SMARTS) is 1. The van der Waals surface area contributed by atoms with Crippen LogP contribution in [0.2, 0.25) is 0 Å². The topological polar surface area (TPSA) is 40.5 Å². The Morgan fingerprint density at radius 2 is 2.44 bits per heavy atom. The first-order valence-corrected chi connectivity index (χ1v) is 4.59. The van der Waals surface area contributed by atoms with E-state index in [1.807, 2.05) is 0 Å². The van der Waals surface area contributed by atoms with E-state index in [2.05, 4.69) is 11.1 Å². The van der Waals surface area contributed by atoms with Crippen molar-refractivity contribution in [3.8, 4) is 0 Å². The monoisotopic (exact) mass is 193 g/mol. The predicted octanol–water partition coefficient (Wildman–Crippen LogP) is -0.481. The van der Waals surface area contributed by atoms with Gasteiger partial charge in [-0.2, -0.15) is 0 Å². The maximum atomic E-state index is 8.36. The van der Waals surface area contributed by atoms with Gasteiger partial charge in [0.05, 0.1) is 0 Å². The molecule has 0 aromatic heterocycles. The van der Waals surface area contributed by atoms with E-state index in [9.17, 15) is 0 Å². The van der Waals surface area contributed by atoms with Crippen LogP contribution in [0.25, 0.3) is 0 Å². The van der Waals surface area contributed by atoms with Crippen molar-refractivity contribution < 1.29 is 9.90 Å². The molecule has 1 N–H and O–H groups in total. The van der Waals surface area contributed by atoms with Crippen molar-refractivity contribution in [2.75, 3.05) is 12.0 Å². The molecule has 3 aliphatic rings. The van der Waals surface area contributed by atoms with E-state index in [0.29, 0.717) is 0 Å². The Balaban J connectivity index is 0.000000120. The van der Waals surface area contributed by atoms with Gasteiger partial charge in [-0.05, 0) is 0 Å². The van der Waals surface area contributed by atoms with Crippen LogP contribution in [0.3, 0.4) is 0 Å². The molecule has 0 amide bonds. The van der Waals surface area contributed by atoms with E-state index >= 15 is 0 Å². The van der Waals surface area contributed by atoms with E-state index < -0.39 is 0 Å². The van der Waals surface area contributed by atoms with E-state index in [1.54, 1.807) is 4.47 Å². The number of hydrogen-bond donors (Lipinski definition) is 1. The maximum Gasteiger partial charge on any atom is 0.290 e. The first-order valence-electron chi connectivity index (χ1n) is 2.52. The van der Waals surface area contributed by atoms with Crippen molar-refractivity contribution >= 4 is 21.4 Å². The molecule has 0 aliphatic carbocycles. The van der Waals surface area contributed by atoms with Crippen LogP contribution in [0.15, 0.2) is 10.7 Å². The molecule has 0 atom stereocenters. The average Bonchev–Trinajstić information content (AvgIpc) is 2.17. The zero-order valence-corrected chi connectivity index (χ0v) is 6.49. The summed E-state index contributed by atoms with van der Waals surface area (Å²) in [7, 11) is 0. The summed E-state index contributed by atoms with van der Waals surface area (Å²) in [6.45, 7) is 1.06. The molecule has 0 saturated carbocycles. The van der Waals surface area contributed by atoms with E-state index in [-0.39, 0.29) is 6.47 Å². The summed E-state index contributed by atoms with van der Waals surface area (Å²) in [4.78, 5) is 10.7. The molecular formula is C5H7NO2Se. The molecule has 1 fully saturated rings.